The van der Waals surface area contributed by atoms with Gasteiger partial charge in [-0.15, -0.1) is 0 Å². The van der Waals surface area contributed by atoms with Gasteiger partial charge in [-0.05, 0) is 25.3 Å². The normalized spacial score (nSPS) is 10.6. The Labute approximate surface area is 147 Å². The topological polar surface area (TPSA) is 55.1 Å². The van der Waals surface area contributed by atoms with Crippen molar-refractivity contribution in [2.75, 3.05) is 6.54 Å². The fraction of sp³-hybridized carbons (Fsp3) is 0.238. The number of aromatic nitrogens is 1. The van der Waals surface area contributed by atoms with Crippen LogP contribution in [-0.2, 0) is 17.6 Å². The van der Waals surface area contributed by atoms with Crippen LogP contribution in [0, 0.1) is 6.92 Å². The van der Waals surface area contributed by atoms with Crippen molar-refractivity contribution in [3.63, 3.8) is 0 Å². The first-order valence-corrected chi connectivity index (χ1v) is 8.54. The molecule has 25 heavy (non-hydrogen) atoms. The molecule has 0 atom stereocenters. The van der Waals surface area contributed by atoms with Gasteiger partial charge in [0.1, 0.15) is 0 Å². The fourth-order valence-electron chi connectivity index (χ4n) is 2.64. The maximum atomic E-state index is 12.0. The van der Waals surface area contributed by atoms with E-state index in [1.165, 1.54) is 11.1 Å². The van der Waals surface area contributed by atoms with E-state index in [0.717, 1.165) is 18.4 Å². The summed E-state index contributed by atoms with van der Waals surface area (Å²) in [5, 5.41) is 6.93. The minimum absolute atomic E-state index is 0.0307. The molecule has 0 radical (unpaired) electrons. The van der Waals surface area contributed by atoms with Crippen LogP contribution in [0.1, 0.15) is 23.2 Å². The average Bonchev–Trinajstić information content (AvgIpc) is 3.09. The highest BCUT2D eigenvalue weighted by molar-refractivity contribution is 5.78. The highest BCUT2D eigenvalue weighted by Crippen LogP contribution is 2.20. The number of carbonyl (C=O) groups excluding carboxylic acids is 1. The first-order valence-electron chi connectivity index (χ1n) is 8.54. The van der Waals surface area contributed by atoms with Crippen LogP contribution in [0.3, 0.4) is 0 Å². The molecule has 3 aromatic rings. The summed E-state index contributed by atoms with van der Waals surface area (Å²) in [7, 11) is 0. The van der Waals surface area contributed by atoms with Crippen LogP contribution in [0.4, 0.5) is 0 Å². The fourth-order valence-corrected chi connectivity index (χ4v) is 2.64. The quantitative estimate of drug-likeness (QED) is 0.666. The number of nitrogens with one attached hydrogen (secondary N) is 1. The minimum atomic E-state index is -0.0307. The molecule has 1 N–H and O–H groups in total. The van der Waals surface area contributed by atoms with Crippen LogP contribution in [0.25, 0.3) is 11.3 Å². The highest BCUT2D eigenvalue weighted by Gasteiger charge is 2.10. The summed E-state index contributed by atoms with van der Waals surface area (Å²) in [4.78, 5) is 12.0. The molecule has 0 saturated heterocycles. The second kappa shape index (κ2) is 8.29. The van der Waals surface area contributed by atoms with E-state index in [4.69, 9.17) is 4.52 Å². The van der Waals surface area contributed by atoms with E-state index in [0.29, 0.717) is 18.0 Å². The Bertz CT molecular complexity index is 807. The Kier molecular flexibility index (Phi) is 5.62. The molecular formula is C21H22N2O2. The second-order valence-corrected chi connectivity index (χ2v) is 6.16. The van der Waals surface area contributed by atoms with Gasteiger partial charge < -0.3 is 9.84 Å². The molecule has 2 aromatic carbocycles. The van der Waals surface area contributed by atoms with E-state index in [9.17, 15) is 4.79 Å². The molecule has 1 heterocycles. The summed E-state index contributed by atoms with van der Waals surface area (Å²) in [6.07, 6.45) is 2.12. The Morgan fingerprint density at radius 3 is 2.60 bits per heavy atom. The molecule has 0 bridgehead atoms. The Hall–Kier alpha value is -2.88. The maximum absolute atomic E-state index is 12.0. The third kappa shape index (κ3) is 5.05. The number of hydrogen-bond acceptors (Lipinski definition) is 3. The van der Waals surface area contributed by atoms with Crippen LogP contribution >= 0.6 is 0 Å². The lowest BCUT2D eigenvalue weighted by Crippen LogP contribution is -2.26. The van der Waals surface area contributed by atoms with Crippen molar-refractivity contribution < 1.29 is 9.32 Å². The van der Waals surface area contributed by atoms with Gasteiger partial charge in [-0.2, -0.15) is 0 Å². The van der Waals surface area contributed by atoms with Crippen molar-refractivity contribution in [3.05, 3.63) is 77.5 Å². The van der Waals surface area contributed by atoms with Crippen LogP contribution in [0.2, 0.25) is 0 Å². The van der Waals surface area contributed by atoms with Crippen molar-refractivity contribution in [1.29, 1.82) is 0 Å². The Balaban J connectivity index is 1.44. The van der Waals surface area contributed by atoms with Gasteiger partial charge in [0.15, 0.2) is 5.76 Å². The van der Waals surface area contributed by atoms with Crippen molar-refractivity contribution in [2.45, 2.75) is 26.2 Å². The van der Waals surface area contributed by atoms with Gasteiger partial charge in [0.25, 0.3) is 0 Å². The average molecular weight is 334 g/mol. The Morgan fingerprint density at radius 2 is 1.84 bits per heavy atom. The third-order valence-electron chi connectivity index (χ3n) is 4.04. The van der Waals surface area contributed by atoms with E-state index in [1.807, 2.05) is 55.5 Å². The molecular weight excluding hydrogens is 312 g/mol. The van der Waals surface area contributed by atoms with Gasteiger partial charge >= 0.3 is 0 Å². The molecule has 128 valence electrons. The van der Waals surface area contributed by atoms with E-state index in [1.54, 1.807) is 0 Å². The van der Waals surface area contributed by atoms with Crippen molar-refractivity contribution in [2.24, 2.45) is 0 Å². The van der Waals surface area contributed by atoms with E-state index < -0.39 is 0 Å². The lowest BCUT2D eigenvalue weighted by atomic mass is 10.1. The molecule has 0 fully saturated rings. The predicted molar refractivity (Wildman–Crippen MR) is 98.2 cm³/mol. The molecule has 0 spiro atoms. The SMILES string of the molecule is Cc1ccc(-c2cc(CC(=O)NCCCc3ccccc3)no2)cc1. The molecule has 1 amide bonds. The first kappa shape index (κ1) is 17.0. The smallest absolute Gasteiger partial charge is 0.226 e. The molecule has 0 unspecified atom stereocenters. The van der Waals surface area contributed by atoms with Gasteiger partial charge in [-0.1, -0.05) is 65.3 Å². The zero-order valence-corrected chi connectivity index (χ0v) is 14.4. The molecule has 1 aromatic heterocycles. The number of carbonyl (C=O) groups is 1. The van der Waals surface area contributed by atoms with Crippen LogP contribution in [-0.4, -0.2) is 17.6 Å². The minimum Gasteiger partial charge on any atom is -0.356 e. The zero-order chi connectivity index (χ0) is 17.5. The van der Waals surface area contributed by atoms with Crippen LogP contribution in [0.5, 0.6) is 0 Å². The summed E-state index contributed by atoms with van der Waals surface area (Å²) < 4.78 is 5.34. The monoisotopic (exact) mass is 334 g/mol. The maximum Gasteiger partial charge on any atom is 0.226 e. The number of benzene rings is 2. The number of rotatable bonds is 7. The number of aryl methyl sites for hydroxylation is 2. The summed E-state index contributed by atoms with van der Waals surface area (Å²) in [6.45, 7) is 2.70. The number of hydrogen-bond donors (Lipinski definition) is 1. The zero-order valence-electron chi connectivity index (χ0n) is 14.4. The van der Waals surface area contributed by atoms with Gasteiger partial charge in [0.2, 0.25) is 5.91 Å². The Morgan fingerprint density at radius 1 is 1.08 bits per heavy atom. The van der Waals surface area contributed by atoms with Gasteiger partial charge in [0.05, 0.1) is 12.1 Å². The highest BCUT2D eigenvalue weighted by atomic mass is 16.5. The second-order valence-electron chi connectivity index (χ2n) is 6.16. The molecule has 0 aliphatic heterocycles. The molecule has 0 saturated carbocycles. The lowest BCUT2D eigenvalue weighted by molar-refractivity contribution is -0.120. The van der Waals surface area contributed by atoms with Gasteiger partial charge in [-0.3, -0.25) is 4.79 Å². The largest absolute Gasteiger partial charge is 0.356 e. The number of nitrogens with zero attached hydrogens (tertiary/aromatic N) is 1. The summed E-state index contributed by atoms with van der Waals surface area (Å²) in [5.74, 6) is 0.656. The van der Waals surface area contributed by atoms with Crippen molar-refractivity contribution in [1.82, 2.24) is 10.5 Å². The molecule has 0 aliphatic rings. The molecule has 4 heteroatoms. The lowest BCUT2D eigenvalue weighted by Gasteiger charge is -2.04. The van der Waals surface area contributed by atoms with Crippen LogP contribution in [0.15, 0.2) is 65.2 Å². The summed E-state index contributed by atoms with van der Waals surface area (Å²) in [6, 6.07) is 20.1. The van der Waals surface area contributed by atoms with Crippen LogP contribution < -0.4 is 5.32 Å². The standard InChI is InChI=1S/C21H22N2O2/c1-16-9-11-18(12-10-16)20-14-19(23-25-20)15-21(24)22-13-5-8-17-6-3-2-4-7-17/h2-4,6-7,9-12,14H,5,8,13,15H2,1H3,(H,22,24). The predicted octanol–water partition coefficient (Wildman–Crippen LogP) is 3.94. The summed E-state index contributed by atoms with van der Waals surface area (Å²) in [5.41, 5.74) is 4.10. The van der Waals surface area contributed by atoms with E-state index in [2.05, 4.69) is 22.6 Å². The molecule has 4 nitrogen and oxygen atoms in total. The van der Waals surface area contributed by atoms with Crippen molar-refractivity contribution in [3.8, 4) is 11.3 Å². The number of amides is 1. The van der Waals surface area contributed by atoms with E-state index in [-0.39, 0.29) is 12.3 Å². The van der Waals surface area contributed by atoms with Gasteiger partial charge in [0, 0.05) is 18.2 Å². The van der Waals surface area contributed by atoms with Crippen molar-refractivity contribution >= 4 is 5.91 Å². The molecule has 0 aliphatic carbocycles. The summed E-state index contributed by atoms with van der Waals surface area (Å²) >= 11 is 0. The third-order valence-corrected chi connectivity index (χ3v) is 4.04. The first-order chi connectivity index (χ1) is 12.2. The van der Waals surface area contributed by atoms with E-state index >= 15 is 0 Å². The molecule has 3 rings (SSSR count). The van der Waals surface area contributed by atoms with Gasteiger partial charge in [-0.25, -0.2) is 0 Å².